The second-order valence-corrected chi connectivity index (χ2v) is 6.07. The van der Waals surface area contributed by atoms with Crippen molar-refractivity contribution in [3.8, 4) is 0 Å². The summed E-state index contributed by atoms with van der Waals surface area (Å²) in [7, 11) is 0. The van der Waals surface area contributed by atoms with E-state index in [2.05, 4.69) is 50.4 Å². The average Bonchev–Trinajstić information content (AvgIpc) is 2.47. The summed E-state index contributed by atoms with van der Waals surface area (Å²) < 4.78 is 5.49. The van der Waals surface area contributed by atoms with E-state index in [4.69, 9.17) is 4.74 Å². The Hall–Kier alpha value is -0.900. The molecule has 0 aliphatic rings. The molecule has 1 unspecified atom stereocenters. The number of aliphatic hydroxyl groups excluding tert-OH is 1. The van der Waals surface area contributed by atoms with Gasteiger partial charge in [0.2, 0.25) is 0 Å². The van der Waals surface area contributed by atoms with Crippen molar-refractivity contribution >= 4 is 0 Å². The van der Waals surface area contributed by atoms with E-state index in [0.29, 0.717) is 13.2 Å². The summed E-state index contributed by atoms with van der Waals surface area (Å²) in [5, 5.41) is 13.1. The van der Waals surface area contributed by atoms with Gasteiger partial charge in [-0.3, -0.25) is 0 Å². The molecule has 21 heavy (non-hydrogen) atoms. The minimum atomic E-state index is -0.432. The maximum atomic E-state index is 9.83. The lowest BCUT2D eigenvalue weighted by Crippen LogP contribution is -2.30. The van der Waals surface area contributed by atoms with Crippen molar-refractivity contribution in [2.75, 3.05) is 19.8 Å². The fourth-order valence-electron chi connectivity index (χ4n) is 2.15. The molecule has 0 spiro atoms. The molecule has 120 valence electrons. The number of hydrogen-bond acceptors (Lipinski definition) is 3. The van der Waals surface area contributed by atoms with Crippen LogP contribution in [0.5, 0.6) is 0 Å². The monoisotopic (exact) mass is 293 g/mol. The first kappa shape index (κ1) is 18.1. The van der Waals surface area contributed by atoms with Gasteiger partial charge in [-0.05, 0) is 36.3 Å². The number of aliphatic hydroxyl groups is 1. The van der Waals surface area contributed by atoms with Crippen molar-refractivity contribution in [1.82, 2.24) is 5.32 Å². The second-order valence-electron chi connectivity index (χ2n) is 6.07. The molecule has 0 heterocycles. The van der Waals surface area contributed by atoms with Crippen LogP contribution in [0, 0.1) is 5.92 Å². The van der Waals surface area contributed by atoms with Gasteiger partial charge in [0.25, 0.3) is 0 Å². The van der Waals surface area contributed by atoms with Crippen LogP contribution in [-0.4, -0.2) is 31.0 Å². The zero-order valence-corrected chi connectivity index (χ0v) is 13.8. The summed E-state index contributed by atoms with van der Waals surface area (Å²) in [5.41, 5.74) is 2.60. The molecular weight excluding hydrogens is 262 g/mol. The van der Waals surface area contributed by atoms with Crippen molar-refractivity contribution in [1.29, 1.82) is 0 Å². The molecule has 1 atom stereocenters. The molecule has 0 saturated carbocycles. The number of ether oxygens (including phenoxy) is 1. The van der Waals surface area contributed by atoms with E-state index in [0.717, 1.165) is 31.9 Å². The predicted octanol–water partition coefficient (Wildman–Crippen LogP) is 3.15. The van der Waals surface area contributed by atoms with Gasteiger partial charge in [-0.2, -0.15) is 0 Å². The fourth-order valence-corrected chi connectivity index (χ4v) is 2.15. The maximum Gasteiger partial charge on any atom is 0.0897 e. The van der Waals surface area contributed by atoms with E-state index in [1.54, 1.807) is 0 Å². The largest absolute Gasteiger partial charge is 0.389 e. The molecule has 2 N–H and O–H groups in total. The fraction of sp³-hybridized carbons (Fsp3) is 0.667. The van der Waals surface area contributed by atoms with Crippen LogP contribution in [0.1, 0.15) is 44.7 Å². The Morgan fingerprint density at radius 3 is 2.43 bits per heavy atom. The first-order chi connectivity index (χ1) is 10.1. The highest BCUT2D eigenvalue weighted by atomic mass is 16.5. The zero-order valence-electron chi connectivity index (χ0n) is 13.8. The number of benzene rings is 1. The Morgan fingerprint density at radius 1 is 1.14 bits per heavy atom. The molecular formula is C18H31NO2. The lowest BCUT2D eigenvalue weighted by Gasteiger charge is -2.13. The molecule has 3 nitrogen and oxygen atoms in total. The van der Waals surface area contributed by atoms with E-state index >= 15 is 0 Å². The van der Waals surface area contributed by atoms with Crippen molar-refractivity contribution in [2.24, 2.45) is 5.92 Å². The van der Waals surface area contributed by atoms with Crippen LogP contribution in [0.15, 0.2) is 24.3 Å². The molecule has 0 radical (unpaired) electrons. The summed E-state index contributed by atoms with van der Waals surface area (Å²) in [6.07, 6.45) is 2.89. The molecule has 1 aromatic rings. The van der Waals surface area contributed by atoms with Crippen molar-refractivity contribution in [2.45, 2.75) is 52.7 Å². The van der Waals surface area contributed by atoms with Gasteiger partial charge in [0, 0.05) is 19.7 Å². The van der Waals surface area contributed by atoms with Gasteiger partial charge in [-0.1, -0.05) is 45.0 Å². The van der Waals surface area contributed by atoms with Gasteiger partial charge in [-0.15, -0.1) is 0 Å². The molecule has 1 aromatic carbocycles. The predicted molar refractivity (Wildman–Crippen MR) is 88.4 cm³/mol. The lowest BCUT2D eigenvalue weighted by molar-refractivity contribution is 0.0346. The van der Waals surface area contributed by atoms with Gasteiger partial charge in [0.15, 0.2) is 0 Å². The highest BCUT2D eigenvalue weighted by Gasteiger charge is 2.04. The minimum absolute atomic E-state index is 0.417. The van der Waals surface area contributed by atoms with Crippen molar-refractivity contribution in [3.63, 3.8) is 0 Å². The molecule has 0 aromatic heterocycles. The Bertz CT molecular complexity index is 362. The Labute approximate surface area is 129 Å². The summed E-state index contributed by atoms with van der Waals surface area (Å²) >= 11 is 0. The SMILES string of the molecule is CCc1ccc(CNCC(O)COCCCC(C)C)cc1. The first-order valence-corrected chi connectivity index (χ1v) is 8.16. The molecule has 0 amide bonds. The van der Waals surface area contributed by atoms with E-state index in [1.807, 2.05) is 0 Å². The van der Waals surface area contributed by atoms with Crippen LogP contribution in [0.2, 0.25) is 0 Å². The van der Waals surface area contributed by atoms with Gasteiger partial charge in [-0.25, -0.2) is 0 Å². The quantitative estimate of drug-likeness (QED) is 0.616. The van der Waals surface area contributed by atoms with E-state index in [9.17, 15) is 5.11 Å². The van der Waals surface area contributed by atoms with Crippen LogP contribution < -0.4 is 5.32 Å². The van der Waals surface area contributed by atoms with E-state index < -0.39 is 6.10 Å². The maximum absolute atomic E-state index is 9.83. The topological polar surface area (TPSA) is 41.5 Å². The molecule has 1 rings (SSSR count). The standard InChI is InChI=1S/C18H31NO2/c1-4-16-7-9-17(10-8-16)12-19-13-18(20)14-21-11-5-6-15(2)3/h7-10,15,18-20H,4-6,11-14H2,1-3H3. The Morgan fingerprint density at radius 2 is 1.81 bits per heavy atom. The first-order valence-electron chi connectivity index (χ1n) is 8.16. The van der Waals surface area contributed by atoms with Gasteiger partial charge in [0.05, 0.1) is 12.7 Å². The molecule has 0 bridgehead atoms. The molecule has 0 saturated heterocycles. The van der Waals surface area contributed by atoms with Crippen LogP contribution in [0.3, 0.4) is 0 Å². The van der Waals surface area contributed by atoms with Gasteiger partial charge in [0.1, 0.15) is 0 Å². The lowest BCUT2D eigenvalue weighted by atomic mass is 10.1. The van der Waals surface area contributed by atoms with Crippen LogP contribution in [0.25, 0.3) is 0 Å². The van der Waals surface area contributed by atoms with E-state index in [-0.39, 0.29) is 0 Å². The van der Waals surface area contributed by atoms with E-state index in [1.165, 1.54) is 17.5 Å². The van der Waals surface area contributed by atoms with Crippen LogP contribution in [-0.2, 0) is 17.7 Å². The second kappa shape index (κ2) is 10.8. The number of hydrogen-bond donors (Lipinski definition) is 2. The summed E-state index contributed by atoms with van der Waals surface area (Å²) in [5.74, 6) is 0.722. The number of nitrogens with one attached hydrogen (secondary N) is 1. The molecule has 3 heteroatoms. The molecule has 0 aliphatic heterocycles. The number of rotatable bonds is 11. The van der Waals surface area contributed by atoms with Gasteiger partial charge >= 0.3 is 0 Å². The summed E-state index contributed by atoms with van der Waals surface area (Å²) in [4.78, 5) is 0. The van der Waals surface area contributed by atoms with Crippen LogP contribution in [0.4, 0.5) is 0 Å². The Kier molecular flexibility index (Phi) is 9.31. The molecule has 0 aliphatic carbocycles. The van der Waals surface area contributed by atoms with Crippen molar-refractivity contribution in [3.05, 3.63) is 35.4 Å². The smallest absolute Gasteiger partial charge is 0.0897 e. The third-order valence-electron chi connectivity index (χ3n) is 3.52. The number of aryl methyl sites for hydroxylation is 1. The highest BCUT2D eigenvalue weighted by molar-refractivity contribution is 5.22. The summed E-state index contributed by atoms with van der Waals surface area (Å²) in [6, 6.07) is 8.60. The Balaban J connectivity index is 2.05. The van der Waals surface area contributed by atoms with Crippen molar-refractivity contribution < 1.29 is 9.84 Å². The average molecular weight is 293 g/mol. The third kappa shape index (κ3) is 8.86. The zero-order chi connectivity index (χ0) is 15.5. The summed E-state index contributed by atoms with van der Waals surface area (Å²) in [6.45, 7) is 9.10. The highest BCUT2D eigenvalue weighted by Crippen LogP contribution is 2.05. The normalized spacial score (nSPS) is 12.8. The van der Waals surface area contributed by atoms with Crippen LogP contribution >= 0.6 is 0 Å². The van der Waals surface area contributed by atoms with Gasteiger partial charge < -0.3 is 15.2 Å². The minimum Gasteiger partial charge on any atom is -0.389 e. The third-order valence-corrected chi connectivity index (χ3v) is 3.52. The molecule has 0 fully saturated rings.